The number of aryl methyl sites for hydroxylation is 1. The smallest absolute Gasteiger partial charge is 0.262 e. The summed E-state index contributed by atoms with van der Waals surface area (Å²) in [7, 11) is 2.13. The molecule has 0 unspecified atom stereocenters. The van der Waals surface area contributed by atoms with Gasteiger partial charge in [-0.1, -0.05) is 33.6 Å². The number of nitrogens with zero attached hydrogens (tertiary/aromatic N) is 3. The van der Waals surface area contributed by atoms with E-state index >= 15 is 0 Å². The molecular weight excluding hydrogens is 398 g/mol. The third kappa shape index (κ3) is 3.07. The second kappa shape index (κ2) is 6.67. The summed E-state index contributed by atoms with van der Waals surface area (Å²) in [4.78, 5) is 21.0. The van der Waals surface area contributed by atoms with Gasteiger partial charge in [0.05, 0.1) is 11.7 Å². The highest BCUT2D eigenvalue weighted by Gasteiger charge is 2.22. The van der Waals surface area contributed by atoms with Crippen LogP contribution in [0, 0.1) is 6.92 Å². The van der Waals surface area contributed by atoms with Gasteiger partial charge in [-0.25, -0.2) is 4.98 Å². The average Bonchev–Trinajstić information content (AvgIpc) is 3.03. The highest BCUT2D eigenvalue weighted by Crippen LogP contribution is 2.36. The van der Waals surface area contributed by atoms with E-state index in [9.17, 15) is 4.79 Å². The molecule has 0 amide bonds. The minimum absolute atomic E-state index is 0.0872. The Morgan fingerprint density at radius 3 is 2.76 bits per heavy atom. The lowest BCUT2D eigenvalue weighted by atomic mass is 10.0. The SMILES string of the molecule is Cc1ccc(Br)c(-c2csc3ncn(C4CCN(C)CC4)c(=O)c23)c1. The summed E-state index contributed by atoms with van der Waals surface area (Å²) < 4.78 is 2.86. The van der Waals surface area contributed by atoms with Gasteiger partial charge in [0, 0.05) is 21.5 Å². The maximum Gasteiger partial charge on any atom is 0.262 e. The summed E-state index contributed by atoms with van der Waals surface area (Å²) in [5, 5.41) is 2.80. The van der Waals surface area contributed by atoms with Crippen molar-refractivity contribution in [3.63, 3.8) is 0 Å². The van der Waals surface area contributed by atoms with Gasteiger partial charge in [-0.3, -0.25) is 9.36 Å². The molecule has 4 nitrogen and oxygen atoms in total. The zero-order valence-electron chi connectivity index (χ0n) is 14.3. The molecular formula is C19H20BrN3OS. The quantitative estimate of drug-likeness (QED) is 0.617. The van der Waals surface area contributed by atoms with Crippen LogP contribution >= 0.6 is 27.3 Å². The number of fused-ring (bicyclic) bond motifs is 1. The summed E-state index contributed by atoms with van der Waals surface area (Å²) in [5.41, 5.74) is 3.31. The van der Waals surface area contributed by atoms with Crippen molar-refractivity contribution in [2.24, 2.45) is 0 Å². The highest BCUT2D eigenvalue weighted by atomic mass is 79.9. The number of hydrogen-bond acceptors (Lipinski definition) is 4. The van der Waals surface area contributed by atoms with Crippen LogP contribution in [0.4, 0.5) is 0 Å². The van der Waals surface area contributed by atoms with E-state index in [-0.39, 0.29) is 11.6 Å². The maximum atomic E-state index is 13.3. The van der Waals surface area contributed by atoms with Crippen LogP contribution in [0.25, 0.3) is 21.3 Å². The van der Waals surface area contributed by atoms with Gasteiger partial charge >= 0.3 is 0 Å². The van der Waals surface area contributed by atoms with Crippen molar-refractivity contribution in [3.8, 4) is 11.1 Å². The van der Waals surface area contributed by atoms with Crippen molar-refractivity contribution in [1.82, 2.24) is 14.5 Å². The Labute approximate surface area is 159 Å². The molecule has 2 aromatic heterocycles. The molecule has 0 atom stereocenters. The molecule has 6 heteroatoms. The molecule has 0 N–H and O–H groups in total. The Bertz CT molecular complexity index is 986. The van der Waals surface area contributed by atoms with Gasteiger partial charge < -0.3 is 4.90 Å². The van der Waals surface area contributed by atoms with E-state index in [1.807, 2.05) is 10.6 Å². The van der Waals surface area contributed by atoms with E-state index in [1.165, 1.54) is 16.9 Å². The van der Waals surface area contributed by atoms with E-state index in [2.05, 4.69) is 57.3 Å². The Morgan fingerprint density at radius 2 is 2.00 bits per heavy atom. The number of halogens is 1. The molecule has 1 aliphatic rings. The Morgan fingerprint density at radius 1 is 1.24 bits per heavy atom. The van der Waals surface area contributed by atoms with E-state index < -0.39 is 0 Å². The summed E-state index contributed by atoms with van der Waals surface area (Å²) >= 11 is 5.17. The van der Waals surface area contributed by atoms with Crippen LogP contribution in [-0.4, -0.2) is 34.6 Å². The van der Waals surface area contributed by atoms with Crippen molar-refractivity contribution >= 4 is 37.5 Å². The maximum absolute atomic E-state index is 13.3. The van der Waals surface area contributed by atoms with Crippen molar-refractivity contribution in [2.45, 2.75) is 25.8 Å². The minimum atomic E-state index is 0.0872. The molecule has 1 aliphatic heterocycles. The largest absolute Gasteiger partial charge is 0.306 e. The van der Waals surface area contributed by atoms with Crippen molar-refractivity contribution in [3.05, 3.63) is 50.3 Å². The predicted octanol–water partition coefficient (Wildman–Crippen LogP) is 4.46. The summed E-state index contributed by atoms with van der Waals surface area (Å²) in [6, 6.07) is 6.48. The van der Waals surface area contributed by atoms with Gasteiger partial charge in [-0.15, -0.1) is 11.3 Å². The van der Waals surface area contributed by atoms with E-state index in [0.29, 0.717) is 0 Å². The zero-order valence-corrected chi connectivity index (χ0v) is 16.7. The standard InChI is InChI=1S/C19H20BrN3OS/c1-12-3-4-16(20)14(9-12)15-10-25-18-17(15)19(24)23(11-21-18)13-5-7-22(2)8-6-13/h3-4,9-11,13H,5-8H2,1-2H3. The van der Waals surface area contributed by atoms with Crippen LogP contribution < -0.4 is 5.56 Å². The Kier molecular flexibility index (Phi) is 4.52. The molecule has 0 aliphatic carbocycles. The lowest BCUT2D eigenvalue weighted by molar-refractivity contribution is 0.218. The normalized spacial score (nSPS) is 16.6. The van der Waals surface area contributed by atoms with Crippen LogP contribution in [-0.2, 0) is 0 Å². The van der Waals surface area contributed by atoms with Crippen molar-refractivity contribution in [1.29, 1.82) is 0 Å². The first-order valence-electron chi connectivity index (χ1n) is 8.48. The first kappa shape index (κ1) is 16.9. The third-order valence-electron chi connectivity index (χ3n) is 5.01. The van der Waals surface area contributed by atoms with Gasteiger partial charge in [-0.05, 0) is 51.5 Å². The number of rotatable bonds is 2. The highest BCUT2D eigenvalue weighted by molar-refractivity contribution is 9.10. The molecule has 0 spiro atoms. The number of thiophene rings is 1. The van der Waals surface area contributed by atoms with Crippen molar-refractivity contribution < 1.29 is 0 Å². The minimum Gasteiger partial charge on any atom is -0.306 e. The molecule has 3 aromatic rings. The van der Waals surface area contributed by atoms with E-state index in [0.717, 1.165) is 51.7 Å². The molecule has 0 radical (unpaired) electrons. The molecule has 1 saturated heterocycles. The predicted molar refractivity (Wildman–Crippen MR) is 108 cm³/mol. The number of aromatic nitrogens is 2. The first-order valence-corrected chi connectivity index (χ1v) is 10.2. The van der Waals surface area contributed by atoms with Crippen molar-refractivity contribution in [2.75, 3.05) is 20.1 Å². The molecule has 0 bridgehead atoms. The van der Waals surface area contributed by atoms with Crippen LogP contribution in [0.3, 0.4) is 0 Å². The van der Waals surface area contributed by atoms with Crippen LogP contribution in [0.1, 0.15) is 24.4 Å². The first-order chi connectivity index (χ1) is 12.0. The molecule has 0 saturated carbocycles. The van der Waals surface area contributed by atoms with Gasteiger partial charge in [-0.2, -0.15) is 0 Å². The summed E-state index contributed by atoms with van der Waals surface area (Å²) in [5.74, 6) is 0. The van der Waals surface area contributed by atoms with Gasteiger partial charge in [0.2, 0.25) is 0 Å². The van der Waals surface area contributed by atoms with Crippen LogP contribution in [0.15, 0.2) is 39.2 Å². The van der Waals surface area contributed by atoms with Crippen LogP contribution in [0.2, 0.25) is 0 Å². The number of benzene rings is 1. The fourth-order valence-electron chi connectivity index (χ4n) is 3.52. The van der Waals surface area contributed by atoms with Crippen LogP contribution in [0.5, 0.6) is 0 Å². The lowest BCUT2D eigenvalue weighted by Gasteiger charge is -2.29. The summed E-state index contributed by atoms with van der Waals surface area (Å²) in [6.07, 6.45) is 3.74. The van der Waals surface area contributed by atoms with Gasteiger partial charge in [0.1, 0.15) is 4.83 Å². The van der Waals surface area contributed by atoms with E-state index in [1.54, 1.807) is 6.33 Å². The second-order valence-corrected chi connectivity index (χ2v) is 8.52. The monoisotopic (exact) mass is 417 g/mol. The second-order valence-electron chi connectivity index (χ2n) is 6.80. The fourth-order valence-corrected chi connectivity index (χ4v) is 4.88. The lowest BCUT2D eigenvalue weighted by Crippen LogP contribution is -2.35. The summed E-state index contributed by atoms with van der Waals surface area (Å²) in [6.45, 7) is 4.11. The van der Waals surface area contributed by atoms with Gasteiger partial charge in [0.25, 0.3) is 5.56 Å². The molecule has 1 aromatic carbocycles. The number of hydrogen-bond donors (Lipinski definition) is 0. The Hall–Kier alpha value is -1.50. The topological polar surface area (TPSA) is 38.1 Å². The molecule has 4 rings (SSSR count). The molecule has 1 fully saturated rings. The van der Waals surface area contributed by atoms with E-state index in [4.69, 9.17) is 0 Å². The zero-order chi connectivity index (χ0) is 17.6. The number of likely N-dealkylation sites (tertiary alicyclic amines) is 1. The van der Waals surface area contributed by atoms with Gasteiger partial charge in [0.15, 0.2) is 0 Å². The Balaban J connectivity index is 1.86. The number of piperidine rings is 1. The molecule has 130 valence electrons. The average molecular weight is 418 g/mol. The molecule has 25 heavy (non-hydrogen) atoms. The molecule has 3 heterocycles. The third-order valence-corrected chi connectivity index (χ3v) is 6.59. The fraction of sp³-hybridized carbons (Fsp3) is 0.368.